The van der Waals surface area contributed by atoms with Crippen molar-refractivity contribution in [2.45, 2.75) is 25.4 Å². The van der Waals surface area contributed by atoms with Crippen LogP contribution >= 0.6 is 0 Å². The van der Waals surface area contributed by atoms with E-state index in [4.69, 9.17) is 9.84 Å². The smallest absolute Gasteiger partial charge is 0.333 e. The van der Waals surface area contributed by atoms with Crippen LogP contribution in [-0.4, -0.2) is 29.4 Å². The van der Waals surface area contributed by atoms with Crippen LogP contribution < -0.4 is 0 Å². The number of phenols is 1. The Labute approximate surface area is 98.7 Å². The normalized spacial score (nSPS) is 13.4. The largest absolute Gasteiger partial charge is 0.505 e. The highest BCUT2D eigenvalue weighted by atomic mass is 19.1. The average Bonchev–Trinajstić information content (AvgIpc) is 2.21. The molecule has 0 aliphatic carbocycles. The fourth-order valence-electron chi connectivity index (χ4n) is 1.88. The quantitative estimate of drug-likeness (QED) is 0.846. The third kappa shape index (κ3) is 2.39. The number of methoxy groups -OCH3 is 1. The number of carboxylic acid groups (broad SMARTS) is 1. The fourth-order valence-corrected chi connectivity index (χ4v) is 1.88. The molecular formula is C12H15FO4. The Hall–Kier alpha value is -1.62. The molecule has 1 aromatic carbocycles. The first kappa shape index (κ1) is 13.4. The van der Waals surface area contributed by atoms with E-state index in [2.05, 4.69) is 0 Å². The number of benzene rings is 1. The Balaban J connectivity index is 3.29. The summed E-state index contributed by atoms with van der Waals surface area (Å²) in [6, 6.07) is 4.01. The number of aliphatic carboxylic acids is 1. The number of hydrogen-bond donors (Lipinski definition) is 2. The van der Waals surface area contributed by atoms with Crippen LogP contribution in [0.3, 0.4) is 0 Å². The van der Waals surface area contributed by atoms with Crippen molar-refractivity contribution in [3.8, 4) is 5.75 Å². The van der Waals surface area contributed by atoms with Crippen LogP contribution in [0, 0.1) is 5.82 Å². The van der Waals surface area contributed by atoms with Gasteiger partial charge in [0.1, 0.15) is 0 Å². The molecule has 94 valence electrons. The molecule has 17 heavy (non-hydrogen) atoms. The standard InChI is InChI=1S/C12H15FO4/c1-12(2,10(17-3)11(15)16)7-5-4-6-8(13)9(7)14/h4-6,10,14H,1-3H3,(H,15,16). The molecule has 1 rings (SSSR count). The number of carbonyl (C=O) groups is 1. The first-order valence-electron chi connectivity index (χ1n) is 5.06. The number of phenolic OH excluding ortho intramolecular Hbond substituents is 1. The van der Waals surface area contributed by atoms with Gasteiger partial charge in [-0.15, -0.1) is 0 Å². The Kier molecular flexibility index (Phi) is 3.72. The molecule has 0 spiro atoms. The zero-order chi connectivity index (χ0) is 13.2. The number of hydrogen-bond acceptors (Lipinski definition) is 3. The van der Waals surface area contributed by atoms with Gasteiger partial charge in [-0.1, -0.05) is 26.0 Å². The van der Waals surface area contributed by atoms with Gasteiger partial charge in [0.2, 0.25) is 0 Å². The molecular weight excluding hydrogens is 227 g/mol. The molecule has 0 saturated carbocycles. The average molecular weight is 242 g/mol. The number of carboxylic acids is 1. The van der Waals surface area contributed by atoms with Crippen molar-refractivity contribution in [2.24, 2.45) is 0 Å². The summed E-state index contributed by atoms with van der Waals surface area (Å²) in [6.07, 6.45) is -1.17. The summed E-state index contributed by atoms with van der Waals surface area (Å²) in [5.41, 5.74) is -0.848. The highest BCUT2D eigenvalue weighted by molar-refractivity contribution is 5.75. The number of ether oxygens (including phenoxy) is 1. The first-order chi connectivity index (χ1) is 7.82. The molecule has 1 aromatic rings. The molecule has 0 amide bonds. The Bertz CT molecular complexity index is 429. The first-order valence-corrected chi connectivity index (χ1v) is 5.06. The predicted molar refractivity (Wildman–Crippen MR) is 59.5 cm³/mol. The van der Waals surface area contributed by atoms with Crippen LogP contribution in [0.5, 0.6) is 5.75 Å². The van der Waals surface area contributed by atoms with Gasteiger partial charge in [0, 0.05) is 18.1 Å². The SMILES string of the molecule is COC(C(=O)O)C(C)(C)c1cccc(F)c1O. The molecule has 0 saturated heterocycles. The number of halogens is 1. The molecule has 0 fully saturated rings. The number of rotatable bonds is 4. The van der Waals surface area contributed by atoms with E-state index >= 15 is 0 Å². The second-order valence-electron chi connectivity index (χ2n) is 4.31. The van der Waals surface area contributed by atoms with Gasteiger partial charge in [0.05, 0.1) is 0 Å². The molecule has 0 aromatic heterocycles. The maximum Gasteiger partial charge on any atom is 0.333 e. The minimum Gasteiger partial charge on any atom is -0.505 e. The van der Waals surface area contributed by atoms with Crippen LogP contribution in [0.15, 0.2) is 18.2 Å². The number of para-hydroxylation sites is 1. The van der Waals surface area contributed by atoms with Crippen molar-refractivity contribution in [3.05, 3.63) is 29.6 Å². The topological polar surface area (TPSA) is 66.8 Å². The van der Waals surface area contributed by atoms with E-state index in [1.807, 2.05) is 0 Å². The van der Waals surface area contributed by atoms with E-state index in [0.717, 1.165) is 6.07 Å². The summed E-state index contributed by atoms with van der Waals surface area (Å²) in [6.45, 7) is 3.15. The van der Waals surface area contributed by atoms with Crippen LogP contribution in [0.1, 0.15) is 19.4 Å². The molecule has 1 unspecified atom stereocenters. The Morgan fingerprint density at radius 3 is 2.53 bits per heavy atom. The van der Waals surface area contributed by atoms with Crippen molar-refractivity contribution < 1.29 is 24.1 Å². The zero-order valence-electron chi connectivity index (χ0n) is 9.90. The highest BCUT2D eigenvalue weighted by Crippen LogP contribution is 2.36. The van der Waals surface area contributed by atoms with Gasteiger partial charge in [-0.25, -0.2) is 9.18 Å². The van der Waals surface area contributed by atoms with Gasteiger partial charge in [-0.05, 0) is 6.07 Å². The van der Waals surface area contributed by atoms with Gasteiger partial charge in [-0.3, -0.25) is 0 Å². The lowest BCUT2D eigenvalue weighted by molar-refractivity contribution is -0.152. The minimum absolute atomic E-state index is 0.201. The van der Waals surface area contributed by atoms with Crippen molar-refractivity contribution >= 4 is 5.97 Å². The number of aromatic hydroxyl groups is 1. The fraction of sp³-hybridized carbons (Fsp3) is 0.417. The van der Waals surface area contributed by atoms with Gasteiger partial charge >= 0.3 is 5.97 Å². The van der Waals surface area contributed by atoms with E-state index in [9.17, 15) is 14.3 Å². The minimum atomic E-state index is -1.17. The van der Waals surface area contributed by atoms with Gasteiger partial charge < -0.3 is 14.9 Å². The molecule has 4 nitrogen and oxygen atoms in total. The summed E-state index contributed by atoms with van der Waals surface area (Å²) in [4.78, 5) is 11.0. The highest BCUT2D eigenvalue weighted by Gasteiger charge is 2.39. The predicted octanol–water partition coefficient (Wildman–Crippen LogP) is 1.91. The Morgan fingerprint density at radius 2 is 2.06 bits per heavy atom. The maximum absolute atomic E-state index is 13.2. The van der Waals surface area contributed by atoms with Crippen molar-refractivity contribution in [3.63, 3.8) is 0 Å². The summed E-state index contributed by atoms with van der Waals surface area (Å²) in [7, 11) is 1.26. The Morgan fingerprint density at radius 1 is 1.47 bits per heavy atom. The van der Waals surface area contributed by atoms with Crippen molar-refractivity contribution in [1.29, 1.82) is 0 Å². The molecule has 5 heteroatoms. The molecule has 0 bridgehead atoms. The third-order valence-electron chi connectivity index (χ3n) is 2.80. The molecule has 0 aliphatic rings. The maximum atomic E-state index is 13.2. The van der Waals surface area contributed by atoms with Gasteiger partial charge in [0.25, 0.3) is 0 Å². The molecule has 0 radical (unpaired) electrons. The van der Waals surface area contributed by atoms with Crippen LogP contribution in [0.25, 0.3) is 0 Å². The molecule has 1 atom stereocenters. The van der Waals surface area contributed by atoms with Crippen LogP contribution in [0.4, 0.5) is 4.39 Å². The molecule has 0 aliphatic heterocycles. The van der Waals surface area contributed by atoms with E-state index in [1.165, 1.54) is 19.2 Å². The van der Waals surface area contributed by atoms with Crippen molar-refractivity contribution in [2.75, 3.05) is 7.11 Å². The zero-order valence-corrected chi connectivity index (χ0v) is 9.90. The third-order valence-corrected chi connectivity index (χ3v) is 2.80. The van der Waals surface area contributed by atoms with Gasteiger partial charge in [0.15, 0.2) is 17.7 Å². The summed E-state index contributed by atoms with van der Waals surface area (Å²) < 4.78 is 18.1. The van der Waals surface area contributed by atoms with E-state index in [1.54, 1.807) is 13.8 Å². The molecule has 2 N–H and O–H groups in total. The van der Waals surface area contributed by atoms with Crippen molar-refractivity contribution in [1.82, 2.24) is 0 Å². The lowest BCUT2D eigenvalue weighted by Crippen LogP contribution is -2.41. The van der Waals surface area contributed by atoms with E-state index < -0.39 is 29.1 Å². The van der Waals surface area contributed by atoms with Crippen LogP contribution in [0.2, 0.25) is 0 Å². The molecule has 0 heterocycles. The second kappa shape index (κ2) is 4.71. The lowest BCUT2D eigenvalue weighted by Gasteiger charge is -2.31. The van der Waals surface area contributed by atoms with Gasteiger partial charge in [-0.2, -0.15) is 0 Å². The van der Waals surface area contributed by atoms with E-state index in [0.29, 0.717) is 0 Å². The lowest BCUT2D eigenvalue weighted by atomic mass is 9.78. The van der Waals surface area contributed by atoms with E-state index in [-0.39, 0.29) is 5.56 Å². The second-order valence-corrected chi connectivity index (χ2v) is 4.31. The summed E-state index contributed by atoms with van der Waals surface area (Å²) in [5, 5.41) is 18.7. The summed E-state index contributed by atoms with van der Waals surface area (Å²) in [5.74, 6) is -2.49. The monoisotopic (exact) mass is 242 g/mol. The van der Waals surface area contributed by atoms with Crippen LogP contribution in [-0.2, 0) is 14.9 Å². The summed E-state index contributed by atoms with van der Waals surface area (Å²) >= 11 is 0.